The molecule has 0 aromatic heterocycles. The largest absolute Gasteiger partial charge is 0.281 e. The summed E-state index contributed by atoms with van der Waals surface area (Å²) in [4.78, 5) is 34.5. The van der Waals surface area contributed by atoms with Gasteiger partial charge in [-0.1, -0.05) is 26.7 Å². The molecule has 0 aliphatic carbocycles. The number of guanidine groups is 2. The molecule has 1 fully saturated rings. The number of unbranched alkanes of at least 4 members (excludes halogenated alkanes) is 2. The molecule has 0 unspecified atom stereocenters. The molecular formula is C22H26N6O4. The molecule has 1 aliphatic heterocycles. The van der Waals surface area contributed by atoms with Crippen LogP contribution in [0.15, 0.2) is 58.5 Å². The summed E-state index contributed by atoms with van der Waals surface area (Å²) < 4.78 is 0. The number of hydrogen-bond donors (Lipinski definition) is 0. The van der Waals surface area contributed by atoms with Gasteiger partial charge in [0.1, 0.15) is 0 Å². The lowest BCUT2D eigenvalue weighted by Crippen LogP contribution is -2.66. The van der Waals surface area contributed by atoms with Crippen molar-refractivity contribution >= 4 is 34.7 Å². The van der Waals surface area contributed by atoms with Gasteiger partial charge in [-0.05, 0) is 37.1 Å². The van der Waals surface area contributed by atoms with E-state index in [9.17, 15) is 20.2 Å². The van der Waals surface area contributed by atoms with Gasteiger partial charge in [0.2, 0.25) is 11.9 Å². The van der Waals surface area contributed by atoms with Crippen molar-refractivity contribution in [3.05, 3.63) is 68.8 Å². The first-order valence-electron chi connectivity index (χ1n) is 10.7. The summed E-state index contributed by atoms with van der Waals surface area (Å²) in [6, 6.07) is 12.3. The van der Waals surface area contributed by atoms with Crippen LogP contribution in [-0.4, -0.2) is 39.8 Å². The van der Waals surface area contributed by atoms with Gasteiger partial charge in [-0.3, -0.25) is 30.1 Å². The van der Waals surface area contributed by atoms with Crippen LogP contribution in [0.4, 0.5) is 22.7 Å². The number of aliphatic imine (C=N–C) groups is 2. The quantitative estimate of drug-likeness (QED) is 0.283. The molecule has 3 rings (SSSR count). The van der Waals surface area contributed by atoms with E-state index in [1.54, 1.807) is 24.3 Å². The van der Waals surface area contributed by atoms with E-state index in [1.807, 2.05) is 9.80 Å². The fraction of sp³-hybridized carbons (Fsp3) is 0.364. The molecular weight excluding hydrogens is 412 g/mol. The van der Waals surface area contributed by atoms with E-state index in [2.05, 4.69) is 13.8 Å². The highest BCUT2D eigenvalue weighted by Gasteiger charge is 2.40. The van der Waals surface area contributed by atoms with Gasteiger partial charge < -0.3 is 0 Å². The minimum atomic E-state index is -0.449. The smallest absolute Gasteiger partial charge is 0.269 e. The first-order chi connectivity index (χ1) is 15.5. The normalized spacial score (nSPS) is 15.8. The van der Waals surface area contributed by atoms with Crippen molar-refractivity contribution in [3.8, 4) is 0 Å². The van der Waals surface area contributed by atoms with Gasteiger partial charge in [0.15, 0.2) is 0 Å². The number of nitro groups is 2. The van der Waals surface area contributed by atoms with Crippen LogP contribution in [0.25, 0.3) is 0 Å². The number of benzene rings is 2. The topological polar surface area (TPSA) is 117 Å². The minimum Gasteiger partial charge on any atom is -0.281 e. The van der Waals surface area contributed by atoms with E-state index in [1.165, 1.54) is 24.3 Å². The molecule has 0 atom stereocenters. The average Bonchev–Trinajstić information content (AvgIpc) is 2.78. The predicted molar refractivity (Wildman–Crippen MR) is 125 cm³/mol. The summed E-state index contributed by atoms with van der Waals surface area (Å²) in [5, 5.41) is 22.0. The second-order valence-corrected chi connectivity index (χ2v) is 7.33. The van der Waals surface area contributed by atoms with Gasteiger partial charge in [-0.15, -0.1) is 0 Å². The third-order valence-corrected chi connectivity index (χ3v) is 4.99. The maximum Gasteiger partial charge on any atom is 0.269 e. The van der Waals surface area contributed by atoms with Crippen LogP contribution in [-0.2, 0) is 0 Å². The Balaban J connectivity index is 2.00. The summed E-state index contributed by atoms with van der Waals surface area (Å²) in [6.07, 6.45) is 3.92. The Labute approximate surface area is 186 Å². The maximum absolute atomic E-state index is 11.0. The summed E-state index contributed by atoms with van der Waals surface area (Å²) in [5.41, 5.74) is 1.31. The third-order valence-electron chi connectivity index (χ3n) is 4.99. The second kappa shape index (κ2) is 10.5. The highest BCUT2D eigenvalue weighted by atomic mass is 16.6. The lowest BCUT2D eigenvalue weighted by molar-refractivity contribution is -0.385. The fourth-order valence-electron chi connectivity index (χ4n) is 3.21. The second-order valence-electron chi connectivity index (χ2n) is 7.33. The van der Waals surface area contributed by atoms with Crippen LogP contribution in [0.5, 0.6) is 0 Å². The Morgan fingerprint density at radius 2 is 1.38 bits per heavy atom. The summed E-state index contributed by atoms with van der Waals surface area (Å²) in [5.74, 6) is 1.39. The molecule has 0 amide bonds. The van der Waals surface area contributed by atoms with Crippen LogP contribution < -0.4 is 4.90 Å². The van der Waals surface area contributed by atoms with Gasteiger partial charge in [-0.25, -0.2) is 9.89 Å². The molecule has 0 radical (unpaired) electrons. The van der Waals surface area contributed by atoms with Crippen molar-refractivity contribution in [2.75, 3.05) is 18.0 Å². The van der Waals surface area contributed by atoms with Gasteiger partial charge in [0.05, 0.1) is 21.2 Å². The first-order valence-corrected chi connectivity index (χ1v) is 10.7. The Hall–Kier alpha value is -3.82. The van der Waals surface area contributed by atoms with Gasteiger partial charge in [0.25, 0.3) is 11.4 Å². The molecule has 0 spiro atoms. The zero-order valence-corrected chi connectivity index (χ0v) is 18.2. The van der Waals surface area contributed by atoms with Crippen molar-refractivity contribution in [1.29, 1.82) is 0 Å². The molecule has 0 N–H and O–H groups in total. The van der Waals surface area contributed by atoms with Crippen LogP contribution in [0.2, 0.25) is 0 Å². The Kier molecular flexibility index (Phi) is 7.48. The van der Waals surface area contributed by atoms with Gasteiger partial charge in [-0.2, -0.15) is 0 Å². The molecule has 32 heavy (non-hydrogen) atoms. The zero-order valence-electron chi connectivity index (χ0n) is 18.2. The van der Waals surface area contributed by atoms with Crippen molar-refractivity contribution in [2.24, 2.45) is 9.98 Å². The van der Waals surface area contributed by atoms with E-state index in [-0.39, 0.29) is 11.4 Å². The van der Waals surface area contributed by atoms with E-state index < -0.39 is 9.85 Å². The Bertz CT molecular complexity index is 1020. The monoisotopic (exact) mass is 438 g/mol. The van der Waals surface area contributed by atoms with Crippen molar-refractivity contribution in [2.45, 2.75) is 39.5 Å². The Morgan fingerprint density at radius 3 is 1.91 bits per heavy atom. The molecule has 1 heterocycles. The van der Waals surface area contributed by atoms with Crippen LogP contribution in [0.1, 0.15) is 39.5 Å². The first kappa shape index (κ1) is 22.9. The number of hydrogen-bond acceptors (Lipinski definition) is 6. The lowest BCUT2D eigenvalue weighted by Gasteiger charge is -2.46. The highest BCUT2D eigenvalue weighted by Crippen LogP contribution is 2.30. The molecule has 0 bridgehead atoms. The molecule has 0 saturated carbocycles. The van der Waals surface area contributed by atoms with Crippen molar-refractivity contribution in [3.63, 3.8) is 0 Å². The SMILES string of the molecule is CCCCN=C1N(CCCC)C(=Nc2ccc([N+](=O)[O-])cc2)N1c1ccc([N+](=O)[O-])cc1. The minimum absolute atomic E-state index is 0.000518. The molecule has 2 aromatic carbocycles. The van der Waals surface area contributed by atoms with Gasteiger partial charge in [0, 0.05) is 37.4 Å². The average molecular weight is 438 g/mol. The molecule has 10 nitrogen and oxygen atoms in total. The van der Waals surface area contributed by atoms with Crippen molar-refractivity contribution in [1.82, 2.24) is 4.90 Å². The third kappa shape index (κ3) is 5.08. The number of anilines is 1. The highest BCUT2D eigenvalue weighted by molar-refractivity contribution is 6.32. The summed E-state index contributed by atoms with van der Waals surface area (Å²) in [6.45, 7) is 5.61. The molecule has 10 heteroatoms. The molecule has 2 aromatic rings. The standard InChI is InChI=1S/C22H26N6O4/c1-3-5-15-23-21-25(16-6-4-2)22(24-17-7-9-19(10-8-17)27(29)30)26(21)18-11-13-20(14-12-18)28(31)32/h7-14H,3-6,15-16H2,1-2H3. The van der Waals surface area contributed by atoms with E-state index in [4.69, 9.17) is 9.98 Å². The number of non-ortho nitro benzene ring substituents is 2. The van der Waals surface area contributed by atoms with E-state index in [0.717, 1.165) is 43.9 Å². The van der Waals surface area contributed by atoms with Crippen LogP contribution >= 0.6 is 0 Å². The molecule has 1 aliphatic rings. The van der Waals surface area contributed by atoms with Crippen LogP contribution in [0.3, 0.4) is 0 Å². The Morgan fingerprint density at radius 1 is 0.812 bits per heavy atom. The zero-order chi connectivity index (χ0) is 23.1. The summed E-state index contributed by atoms with van der Waals surface area (Å²) in [7, 11) is 0. The summed E-state index contributed by atoms with van der Waals surface area (Å²) >= 11 is 0. The lowest BCUT2D eigenvalue weighted by atomic mass is 10.2. The van der Waals surface area contributed by atoms with Crippen LogP contribution in [0, 0.1) is 20.2 Å². The number of rotatable bonds is 10. The maximum atomic E-state index is 11.0. The number of nitrogens with zero attached hydrogens (tertiary/aromatic N) is 6. The molecule has 1 saturated heterocycles. The number of nitro benzene ring substituents is 2. The fourth-order valence-corrected chi connectivity index (χ4v) is 3.21. The molecule has 168 valence electrons. The predicted octanol–water partition coefficient (Wildman–Crippen LogP) is 5.27. The van der Waals surface area contributed by atoms with Crippen molar-refractivity contribution < 1.29 is 9.85 Å². The van der Waals surface area contributed by atoms with E-state index in [0.29, 0.717) is 18.2 Å². The van der Waals surface area contributed by atoms with Gasteiger partial charge >= 0.3 is 0 Å². The van der Waals surface area contributed by atoms with E-state index >= 15 is 0 Å².